The SMILES string of the molecule is Cc1cccc(C(C)C)c1NC(=O)CN(C)C(C)c1ccc(-n2cncn2)cc1. The quantitative estimate of drug-likeness (QED) is 0.651. The van der Waals surface area contributed by atoms with Gasteiger partial charge in [0.2, 0.25) is 5.91 Å². The Labute approximate surface area is 172 Å². The zero-order valence-corrected chi connectivity index (χ0v) is 17.8. The van der Waals surface area contributed by atoms with E-state index in [-0.39, 0.29) is 11.9 Å². The topological polar surface area (TPSA) is 63.1 Å². The van der Waals surface area contributed by atoms with Crippen molar-refractivity contribution >= 4 is 11.6 Å². The number of amides is 1. The summed E-state index contributed by atoms with van der Waals surface area (Å²) in [4.78, 5) is 18.7. The van der Waals surface area contributed by atoms with Gasteiger partial charge < -0.3 is 5.32 Å². The smallest absolute Gasteiger partial charge is 0.238 e. The first kappa shape index (κ1) is 20.7. The van der Waals surface area contributed by atoms with E-state index in [1.165, 1.54) is 6.33 Å². The summed E-state index contributed by atoms with van der Waals surface area (Å²) in [6, 6.07) is 14.4. The van der Waals surface area contributed by atoms with Crippen LogP contribution in [0.1, 0.15) is 49.4 Å². The van der Waals surface area contributed by atoms with E-state index in [9.17, 15) is 4.79 Å². The summed E-state index contributed by atoms with van der Waals surface area (Å²) in [5.41, 5.74) is 5.29. The third-order valence-electron chi connectivity index (χ3n) is 5.30. The van der Waals surface area contributed by atoms with Gasteiger partial charge in [0.1, 0.15) is 12.7 Å². The van der Waals surface area contributed by atoms with E-state index in [2.05, 4.69) is 54.4 Å². The zero-order valence-electron chi connectivity index (χ0n) is 17.8. The van der Waals surface area contributed by atoms with Crippen molar-refractivity contribution < 1.29 is 4.79 Å². The lowest BCUT2D eigenvalue weighted by atomic mass is 9.98. The number of carbonyl (C=O) groups is 1. The van der Waals surface area contributed by atoms with Crippen LogP contribution in [0.5, 0.6) is 0 Å². The molecule has 1 N–H and O–H groups in total. The first-order valence-electron chi connectivity index (χ1n) is 9.91. The van der Waals surface area contributed by atoms with Gasteiger partial charge in [-0.1, -0.05) is 44.2 Å². The molecule has 6 heteroatoms. The Morgan fingerprint density at radius 3 is 2.48 bits per heavy atom. The van der Waals surface area contributed by atoms with Gasteiger partial charge in [0.05, 0.1) is 12.2 Å². The minimum Gasteiger partial charge on any atom is -0.324 e. The summed E-state index contributed by atoms with van der Waals surface area (Å²) >= 11 is 0. The van der Waals surface area contributed by atoms with E-state index < -0.39 is 0 Å². The van der Waals surface area contributed by atoms with E-state index in [4.69, 9.17) is 0 Å². The summed E-state index contributed by atoms with van der Waals surface area (Å²) in [6.45, 7) is 8.73. The van der Waals surface area contributed by atoms with Crippen molar-refractivity contribution in [3.63, 3.8) is 0 Å². The van der Waals surface area contributed by atoms with Crippen LogP contribution in [0.25, 0.3) is 5.69 Å². The number of aryl methyl sites for hydroxylation is 1. The van der Waals surface area contributed by atoms with Gasteiger partial charge in [0, 0.05) is 11.7 Å². The van der Waals surface area contributed by atoms with Gasteiger partial charge in [-0.3, -0.25) is 9.69 Å². The summed E-state index contributed by atoms with van der Waals surface area (Å²) in [7, 11) is 1.97. The Balaban J connectivity index is 1.65. The maximum absolute atomic E-state index is 12.7. The van der Waals surface area contributed by atoms with Crippen LogP contribution in [0.2, 0.25) is 0 Å². The molecule has 1 atom stereocenters. The molecule has 3 aromatic rings. The van der Waals surface area contributed by atoms with Gasteiger partial charge in [-0.05, 0) is 55.6 Å². The molecule has 0 aliphatic heterocycles. The predicted octanol–water partition coefficient (Wildman–Crippen LogP) is 4.33. The van der Waals surface area contributed by atoms with E-state index in [1.807, 2.05) is 43.1 Å². The minimum absolute atomic E-state index is 0.00483. The number of nitrogens with one attached hydrogen (secondary N) is 1. The van der Waals surface area contributed by atoms with Crippen molar-refractivity contribution in [2.75, 3.05) is 18.9 Å². The third-order valence-corrected chi connectivity index (χ3v) is 5.30. The van der Waals surface area contributed by atoms with Crippen LogP contribution in [0.3, 0.4) is 0 Å². The zero-order chi connectivity index (χ0) is 21.0. The molecule has 0 saturated heterocycles. The Hall–Kier alpha value is -2.99. The predicted molar refractivity (Wildman–Crippen MR) is 116 cm³/mol. The molecule has 1 amide bonds. The first-order valence-corrected chi connectivity index (χ1v) is 9.91. The molecule has 0 bridgehead atoms. The van der Waals surface area contributed by atoms with Gasteiger partial charge in [0.25, 0.3) is 0 Å². The highest BCUT2D eigenvalue weighted by Gasteiger charge is 2.17. The van der Waals surface area contributed by atoms with Crippen molar-refractivity contribution in [1.29, 1.82) is 0 Å². The van der Waals surface area contributed by atoms with Crippen LogP contribution in [-0.4, -0.2) is 39.2 Å². The standard InChI is InChI=1S/C23H29N5O/c1-16(2)21-8-6-7-17(3)23(21)26-22(29)13-27(5)18(4)19-9-11-20(12-10-19)28-15-24-14-25-28/h6-12,14-16,18H,13H2,1-5H3,(H,26,29). The maximum Gasteiger partial charge on any atom is 0.238 e. The van der Waals surface area contributed by atoms with Gasteiger partial charge in [-0.25, -0.2) is 9.67 Å². The molecule has 1 aromatic heterocycles. The Morgan fingerprint density at radius 1 is 1.14 bits per heavy atom. The number of benzene rings is 2. The van der Waals surface area contributed by atoms with E-state index in [1.54, 1.807) is 11.0 Å². The van der Waals surface area contributed by atoms with Crippen molar-refractivity contribution in [2.45, 2.75) is 39.7 Å². The molecule has 1 heterocycles. The molecule has 0 aliphatic carbocycles. The minimum atomic E-state index is -0.00483. The number of hydrogen-bond acceptors (Lipinski definition) is 4. The fourth-order valence-electron chi connectivity index (χ4n) is 3.39. The number of aromatic nitrogens is 3. The Kier molecular flexibility index (Phi) is 6.44. The largest absolute Gasteiger partial charge is 0.324 e. The molecular weight excluding hydrogens is 362 g/mol. The number of likely N-dealkylation sites (N-methyl/N-ethyl adjacent to an activating group) is 1. The molecular formula is C23H29N5O. The van der Waals surface area contributed by atoms with Crippen LogP contribution < -0.4 is 5.32 Å². The van der Waals surface area contributed by atoms with Crippen LogP contribution in [-0.2, 0) is 4.79 Å². The Bertz CT molecular complexity index is 948. The number of nitrogens with zero attached hydrogens (tertiary/aromatic N) is 4. The normalized spacial score (nSPS) is 12.4. The highest BCUT2D eigenvalue weighted by Crippen LogP contribution is 2.27. The molecule has 0 fully saturated rings. The molecule has 3 rings (SSSR count). The first-order chi connectivity index (χ1) is 13.9. The molecule has 0 saturated carbocycles. The lowest BCUT2D eigenvalue weighted by molar-refractivity contribution is -0.117. The molecule has 29 heavy (non-hydrogen) atoms. The number of carbonyl (C=O) groups excluding carboxylic acids is 1. The number of anilines is 1. The second kappa shape index (κ2) is 9.01. The monoisotopic (exact) mass is 391 g/mol. The summed E-state index contributed by atoms with van der Waals surface area (Å²) in [5, 5.41) is 7.27. The molecule has 6 nitrogen and oxygen atoms in total. The Morgan fingerprint density at radius 2 is 1.86 bits per heavy atom. The van der Waals surface area contributed by atoms with Crippen LogP contribution >= 0.6 is 0 Å². The number of para-hydroxylation sites is 1. The van der Waals surface area contributed by atoms with Crippen molar-refractivity contribution in [2.24, 2.45) is 0 Å². The lowest BCUT2D eigenvalue weighted by Gasteiger charge is -2.25. The summed E-state index contributed by atoms with van der Waals surface area (Å²) in [6.07, 6.45) is 3.19. The van der Waals surface area contributed by atoms with E-state index in [0.29, 0.717) is 12.5 Å². The number of hydrogen-bond donors (Lipinski definition) is 1. The summed E-state index contributed by atoms with van der Waals surface area (Å²) in [5.74, 6) is 0.347. The van der Waals surface area contributed by atoms with Crippen LogP contribution in [0.4, 0.5) is 5.69 Å². The molecule has 2 aromatic carbocycles. The van der Waals surface area contributed by atoms with Crippen LogP contribution in [0, 0.1) is 6.92 Å². The average molecular weight is 392 g/mol. The van der Waals surface area contributed by atoms with Crippen molar-refractivity contribution in [3.8, 4) is 5.69 Å². The lowest BCUT2D eigenvalue weighted by Crippen LogP contribution is -2.32. The van der Waals surface area contributed by atoms with Gasteiger partial charge >= 0.3 is 0 Å². The summed E-state index contributed by atoms with van der Waals surface area (Å²) < 4.78 is 1.72. The van der Waals surface area contributed by atoms with Gasteiger partial charge in [0.15, 0.2) is 0 Å². The van der Waals surface area contributed by atoms with Gasteiger partial charge in [-0.15, -0.1) is 0 Å². The second-order valence-corrected chi connectivity index (χ2v) is 7.76. The molecule has 1 unspecified atom stereocenters. The highest BCUT2D eigenvalue weighted by molar-refractivity contribution is 5.94. The maximum atomic E-state index is 12.7. The highest BCUT2D eigenvalue weighted by atomic mass is 16.2. The molecule has 0 radical (unpaired) electrons. The molecule has 0 aliphatic rings. The van der Waals surface area contributed by atoms with Crippen LogP contribution in [0.15, 0.2) is 55.1 Å². The molecule has 0 spiro atoms. The fraction of sp³-hybridized carbons (Fsp3) is 0.348. The second-order valence-electron chi connectivity index (χ2n) is 7.76. The fourth-order valence-corrected chi connectivity index (χ4v) is 3.39. The van der Waals surface area contributed by atoms with Gasteiger partial charge in [-0.2, -0.15) is 5.10 Å². The average Bonchev–Trinajstić information content (AvgIpc) is 3.23. The van der Waals surface area contributed by atoms with Crippen molar-refractivity contribution in [1.82, 2.24) is 19.7 Å². The van der Waals surface area contributed by atoms with E-state index >= 15 is 0 Å². The molecule has 152 valence electrons. The van der Waals surface area contributed by atoms with Crippen molar-refractivity contribution in [3.05, 3.63) is 71.8 Å². The van der Waals surface area contributed by atoms with E-state index in [0.717, 1.165) is 28.1 Å². The third kappa shape index (κ3) is 4.90. The number of rotatable bonds is 7.